The zero-order valence-corrected chi connectivity index (χ0v) is 11.8. The Morgan fingerprint density at radius 2 is 2.21 bits per heavy atom. The van der Waals surface area contributed by atoms with Gasteiger partial charge in [-0.1, -0.05) is 26.7 Å². The molecule has 1 aliphatic rings. The topological polar surface area (TPSA) is 68.1 Å². The fourth-order valence-corrected chi connectivity index (χ4v) is 2.73. The van der Waals surface area contributed by atoms with Gasteiger partial charge in [0.2, 0.25) is 0 Å². The Morgan fingerprint density at radius 3 is 2.84 bits per heavy atom. The van der Waals surface area contributed by atoms with E-state index >= 15 is 0 Å². The predicted octanol–water partition coefficient (Wildman–Crippen LogP) is 3.68. The molecule has 1 atom stereocenters. The molecular weight excluding hydrogens is 242 g/mol. The Kier molecular flexibility index (Phi) is 3.73. The number of rotatable bonds is 3. The summed E-state index contributed by atoms with van der Waals surface area (Å²) in [6.45, 7) is 6.19. The van der Waals surface area contributed by atoms with Crippen LogP contribution in [0.4, 0.5) is 11.5 Å². The highest BCUT2D eigenvalue weighted by atomic mass is 16.6. The maximum atomic E-state index is 10.9. The van der Waals surface area contributed by atoms with E-state index < -0.39 is 0 Å². The number of nitrogens with zero attached hydrogens (tertiary/aromatic N) is 2. The summed E-state index contributed by atoms with van der Waals surface area (Å²) in [5, 5.41) is 14.3. The first-order valence-electron chi connectivity index (χ1n) is 6.78. The molecule has 1 aromatic heterocycles. The number of aryl methyl sites for hydroxylation is 1. The molecule has 5 heteroatoms. The van der Waals surface area contributed by atoms with E-state index in [0.717, 1.165) is 6.42 Å². The fourth-order valence-electron chi connectivity index (χ4n) is 2.73. The molecule has 1 heterocycles. The van der Waals surface area contributed by atoms with E-state index in [4.69, 9.17) is 0 Å². The van der Waals surface area contributed by atoms with Crippen LogP contribution in [-0.4, -0.2) is 15.9 Å². The summed E-state index contributed by atoms with van der Waals surface area (Å²) < 4.78 is 0. The fraction of sp³-hybridized carbons (Fsp3) is 0.643. The highest BCUT2D eigenvalue weighted by molar-refractivity contribution is 5.49. The molecule has 0 spiro atoms. The van der Waals surface area contributed by atoms with Crippen LogP contribution in [0.25, 0.3) is 0 Å². The minimum atomic E-state index is -0.353. The Labute approximate surface area is 113 Å². The van der Waals surface area contributed by atoms with E-state index in [1.807, 2.05) is 0 Å². The van der Waals surface area contributed by atoms with Crippen molar-refractivity contribution in [1.29, 1.82) is 0 Å². The molecule has 0 aromatic carbocycles. The number of nitro groups is 1. The molecule has 19 heavy (non-hydrogen) atoms. The first-order chi connectivity index (χ1) is 8.90. The lowest BCUT2D eigenvalue weighted by atomic mass is 9.73. The van der Waals surface area contributed by atoms with Crippen molar-refractivity contribution in [2.24, 2.45) is 5.41 Å². The van der Waals surface area contributed by atoms with E-state index in [2.05, 4.69) is 24.1 Å². The summed E-state index contributed by atoms with van der Waals surface area (Å²) in [5.41, 5.74) is 0.934. The van der Waals surface area contributed by atoms with Crippen molar-refractivity contribution in [3.8, 4) is 0 Å². The predicted molar refractivity (Wildman–Crippen MR) is 75.3 cm³/mol. The first-order valence-corrected chi connectivity index (χ1v) is 6.78. The number of anilines is 1. The molecule has 1 aliphatic carbocycles. The molecule has 1 aromatic rings. The third kappa shape index (κ3) is 3.03. The quantitative estimate of drug-likeness (QED) is 0.667. The van der Waals surface area contributed by atoms with Crippen LogP contribution in [0.15, 0.2) is 12.3 Å². The minimum absolute atomic E-state index is 0.131. The molecular formula is C14H21N3O2. The van der Waals surface area contributed by atoms with Crippen molar-refractivity contribution in [3.05, 3.63) is 27.9 Å². The van der Waals surface area contributed by atoms with Crippen molar-refractivity contribution in [2.75, 3.05) is 5.32 Å². The Hall–Kier alpha value is -1.65. The Balaban J connectivity index is 2.19. The maximum Gasteiger partial charge on any atom is 0.277 e. The van der Waals surface area contributed by atoms with Gasteiger partial charge >= 0.3 is 0 Å². The van der Waals surface area contributed by atoms with Gasteiger partial charge in [0.15, 0.2) is 0 Å². The van der Waals surface area contributed by atoms with Gasteiger partial charge in [0.25, 0.3) is 5.69 Å². The number of nitrogens with one attached hydrogen (secondary N) is 1. The van der Waals surface area contributed by atoms with Crippen LogP contribution in [-0.2, 0) is 0 Å². The highest BCUT2D eigenvalue weighted by Crippen LogP contribution is 2.37. The van der Waals surface area contributed by atoms with Crippen LogP contribution in [0.5, 0.6) is 0 Å². The molecule has 1 fully saturated rings. The van der Waals surface area contributed by atoms with Crippen LogP contribution in [0.1, 0.15) is 45.1 Å². The van der Waals surface area contributed by atoms with Crippen molar-refractivity contribution in [1.82, 2.24) is 4.98 Å². The summed E-state index contributed by atoms with van der Waals surface area (Å²) in [6.07, 6.45) is 6.30. The van der Waals surface area contributed by atoms with E-state index in [1.54, 1.807) is 19.2 Å². The van der Waals surface area contributed by atoms with E-state index in [1.165, 1.54) is 19.3 Å². The standard InChI is InChI=1S/C14H21N3O2/c1-10-9-15-13(8-11(10)17(18)19)16-12-6-4-5-7-14(12,2)3/h8-9,12H,4-7H2,1-3H3,(H,15,16). The van der Waals surface area contributed by atoms with Crippen LogP contribution in [0.3, 0.4) is 0 Å². The Morgan fingerprint density at radius 1 is 1.47 bits per heavy atom. The smallest absolute Gasteiger partial charge is 0.277 e. The average Bonchev–Trinajstić information content (AvgIpc) is 2.33. The first kappa shape index (κ1) is 13.8. The monoisotopic (exact) mass is 263 g/mol. The third-order valence-corrected chi connectivity index (χ3v) is 4.10. The minimum Gasteiger partial charge on any atom is -0.367 e. The lowest BCUT2D eigenvalue weighted by Crippen LogP contribution is -2.39. The second kappa shape index (κ2) is 5.15. The number of hydrogen-bond donors (Lipinski definition) is 1. The van der Waals surface area contributed by atoms with Gasteiger partial charge in [-0.3, -0.25) is 10.1 Å². The van der Waals surface area contributed by atoms with Gasteiger partial charge in [0, 0.05) is 17.8 Å². The van der Waals surface area contributed by atoms with Gasteiger partial charge in [0.1, 0.15) is 5.82 Å². The summed E-state index contributed by atoms with van der Waals surface area (Å²) in [5.74, 6) is 0.609. The SMILES string of the molecule is Cc1cnc(NC2CCCCC2(C)C)cc1[N+](=O)[O-]. The molecule has 0 amide bonds. The zero-order valence-electron chi connectivity index (χ0n) is 11.8. The van der Waals surface area contributed by atoms with Gasteiger partial charge < -0.3 is 5.32 Å². The normalized spacial score (nSPS) is 21.9. The van der Waals surface area contributed by atoms with Crippen molar-refractivity contribution < 1.29 is 4.92 Å². The van der Waals surface area contributed by atoms with Crippen LogP contribution < -0.4 is 5.32 Å². The molecule has 5 nitrogen and oxygen atoms in total. The second-order valence-corrected chi connectivity index (χ2v) is 6.04. The zero-order chi connectivity index (χ0) is 14.0. The molecule has 0 radical (unpaired) electrons. The van der Waals surface area contributed by atoms with E-state index in [9.17, 15) is 10.1 Å². The lowest BCUT2D eigenvalue weighted by Gasteiger charge is -2.39. The molecule has 0 saturated heterocycles. The Bertz CT molecular complexity index is 486. The number of pyridine rings is 1. The molecule has 1 saturated carbocycles. The van der Waals surface area contributed by atoms with Gasteiger partial charge in [0.05, 0.1) is 11.0 Å². The molecule has 1 N–H and O–H groups in total. The average molecular weight is 263 g/mol. The molecule has 0 bridgehead atoms. The van der Waals surface area contributed by atoms with E-state index in [-0.39, 0.29) is 16.0 Å². The maximum absolute atomic E-state index is 10.9. The van der Waals surface area contributed by atoms with Crippen molar-refractivity contribution in [3.63, 3.8) is 0 Å². The van der Waals surface area contributed by atoms with Gasteiger partial charge in [-0.25, -0.2) is 4.98 Å². The van der Waals surface area contributed by atoms with Crippen molar-refractivity contribution >= 4 is 11.5 Å². The van der Waals surface area contributed by atoms with Crippen LogP contribution in [0.2, 0.25) is 0 Å². The summed E-state index contributed by atoms with van der Waals surface area (Å²) in [7, 11) is 0. The lowest BCUT2D eigenvalue weighted by molar-refractivity contribution is -0.385. The van der Waals surface area contributed by atoms with E-state index in [0.29, 0.717) is 17.4 Å². The molecule has 0 aliphatic heterocycles. The molecule has 2 rings (SSSR count). The molecule has 104 valence electrons. The second-order valence-electron chi connectivity index (χ2n) is 6.04. The van der Waals surface area contributed by atoms with Crippen LogP contribution >= 0.6 is 0 Å². The number of aromatic nitrogens is 1. The highest BCUT2D eigenvalue weighted by Gasteiger charge is 2.32. The van der Waals surface area contributed by atoms with Crippen LogP contribution in [0, 0.1) is 22.5 Å². The van der Waals surface area contributed by atoms with Crippen molar-refractivity contribution in [2.45, 2.75) is 52.5 Å². The van der Waals surface area contributed by atoms with Gasteiger partial charge in [-0.05, 0) is 25.2 Å². The summed E-state index contributed by atoms with van der Waals surface area (Å²) >= 11 is 0. The largest absolute Gasteiger partial charge is 0.367 e. The summed E-state index contributed by atoms with van der Waals surface area (Å²) in [4.78, 5) is 14.9. The number of hydrogen-bond acceptors (Lipinski definition) is 4. The molecule has 1 unspecified atom stereocenters. The van der Waals surface area contributed by atoms with Gasteiger partial charge in [-0.15, -0.1) is 0 Å². The summed E-state index contributed by atoms with van der Waals surface area (Å²) in [6, 6.07) is 1.87. The third-order valence-electron chi connectivity index (χ3n) is 4.10. The van der Waals surface area contributed by atoms with Gasteiger partial charge in [-0.2, -0.15) is 0 Å².